The minimum atomic E-state index is -3.91. The van der Waals surface area contributed by atoms with Gasteiger partial charge in [0.1, 0.15) is 30.5 Å². The van der Waals surface area contributed by atoms with E-state index in [-0.39, 0.29) is 43.4 Å². The van der Waals surface area contributed by atoms with Gasteiger partial charge in [0.25, 0.3) is 5.91 Å². The average Bonchev–Trinajstić information content (AvgIpc) is 3.71. The normalized spacial score (nSPS) is 38.3. The Hall–Kier alpha value is -2.23. The maximum atomic E-state index is 12.4. The molecule has 4 aliphatic heterocycles. The summed E-state index contributed by atoms with van der Waals surface area (Å²) in [6.07, 6.45) is -1.06. The summed E-state index contributed by atoms with van der Waals surface area (Å²) in [4.78, 5) is 46.8. The Labute approximate surface area is 252 Å². The highest BCUT2D eigenvalue weighted by molar-refractivity contribution is 8.07. The molecule has 2 bridgehead atoms. The molecule has 43 heavy (non-hydrogen) atoms. The fourth-order valence-electron chi connectivity index (χ4n) is 5.40. The molecule has 0 saturated carbocycles. The Morgan fingerprint density at radius 2 is 1.77 bits per heavy atom. The van der Waals surface area contributed by atoms with Crippen LogP contribution in [0.2, 0.25) is 0 Å². The summed E-state index contributed by atoms with van der Waals surface area (Å²) in [6.45, 7) is -8.18. The zero-order chi connectivity index (χ0) is 30.1. The fourth-order valence-corrected chi connectivity index (χ4v) is 8.34. The Bertz CT molecular complexity index is 1680. The topological polar surface area (TPSA) is 250 Å². The smallest absolute Gasteiger partial charge is 0.325 e. The SMILES string of the molecule is Nc1ncnn2c([C@H]3C[C@@H]4OP(O)(=S)OC[C@@H]5C[C@@H](OP(O)(=S)OC[C@H]4O3)[C@H](n3cnc4c3NC(N)NC4=O)O5)cnc12. The van der Waals surface area contributed by atoms with Gasteiger partial charge >= 0.3 is 13.4 Å². The van der Waals surface area contributed by atoms with Gasteiger partial charge in [0.15, 0.2) is 29.7 Å². The summed E-state index contributed by atoms with van der Waals surface area (Å²) in [5.74, 6) is -0.00420. The summed E-state index contributed by atoms with van der Waals surface area (Å²) in [5, 5.41) is 9.65. The number of hydrogen-bond acceptors (Lipinski definition) is 16. The number of nitrogens with one attached hydrogen (secondary N) is 2. The van der Waals surface area contributed by atoms with Crippen molar-refractivity contribution in [3.8, 4) is 0 Å². The number of ether oxygens (including phenoxy) is 2. The van der Waals surface area contributed by atoms with Gasteiger partial charge in [-0.05, 0) is 23.6 Å². The molecule has 7 rings (SSSR count). The fraction of sp³-hybridized carbons (Fsp3) is 0.550. The minimum absolute atomic E-state index is 0.0937. The molecule has 3 unspecified atom stereocenters. The minimum Gasteiger partial charge on any atom is -0.381 e. The maximum Gasteiger partial charge on any atom is 0.325 e. The van der Waals surface area contributed by atoms with Gasteiger partial charge in [-0.3, -0.25) is 15.1 Å². The highest BCUT2D eigenvalue weighted by Crippen LogP contribution is 2.54. The van der Waals surface area contributed by atoms with Crippen LogP contribution in [0.5, 0.6) is 0 Å². The third-order valence-corrected chi connectivity index (χ3v) is 10.4. The van der Waals surface area contributed by atoms with Gasteiger partial charge in [0.2, 0.25) is 0 Å². The molecule has 3 aromatic rings. The quantitative estimate of drug-likeness (QED) is 0.185. The van der Waals surface area contributed by atoms with Crippen molar-refractivity contribution in [2.45, 2.75) is 55.9 Å². The average molecular weight is 677 g/mol. The van der Waals surface area contributed by atoms with Crippen LogP contribution in [0.3, 0.4) is 0 Å². The van der Waals surface area contributed by atoms with Crippen LogP contribution in [-0.4, -0.2) is 88.7 Å². The standard InChI is InChI=1S/C20H26N10O9P2S2/c21-15-17-23-3-9(30(17)26-6-24-15)10-2-11-13(37-10)5-35-41(33,43)39-12-1-8(4-34-40(32,42)38-11)36-19(12)29-7-25-14-16(29)27-20(22)28-18(14)31/h3,6-8,10-13,19-20,27H,1-2,4-5,22H2,(H,28,31)(H,32,42)(H,33,43)(H2,21,24,26)/t8-,10+,11-,12+,13+,19+,20?,40?,41?/m0/s1. The summed E-state index contributed by atoms with van der Waals surface area (Å²) >= 11 is 10.7. The van der Waals surface area contributed by atoms with Gasteiger partial charge in [-0.2, -0.15) is 5.10 Å². The lowest BCUT2D eigenvalue weighted by Gasteiger charge is -2.29. The summed E-state index contributed by atoms with van der Waals surface area (Å²) in [6, 6.07) is 0. The molecule has 3 saturated heterocycles. The van der Waals surface area contributed by atoms with E-state index >= 15 is 0 Å². The molecule has 19 nitrogen and oxygen atoms in total. The zero-order valence-corrected chi connectivity index (χ0v) is 25.3. The van der Waals surface area contributed by atoms with E-state index in [1.807, 2.05) is 0 Å². The highest BCUT2D eigenvalue weighted by atomic mass is 32.5. The van der Waals surface area contributed by atoms with E-state index in [0.29, 0.717) is 11.3 Å². The van der Waals surface area contributed by atoms with Crippen molar-refractivity contribution in [2.24, 2.45) is 5.73 Å². The number of nitrogens with zero attached hydrogens (tertiary/aromatic N) is 6. The van der Waals surface area contributed by atoms with Crippen LogP contribution in [0.4, 0.5) is 11.6 Å². The number of nitrogens with two attached hydrogens (primary N) is 2. The Kier molecular flexibility index (Phi) is 7.53. The third kappa shape index (κ3) is 5.70. The third-order valence-electron chi connectivity index (χ3n) is 7.26. The molecule has 7 heterocycles. The Morgan fingerprint density at radius 3 is 2.58 bits per heavy atom. The predicted molar refractivity (Wildman–Crippen MR) is 152 cm³/mol. The van der Waals surface area contributed by atoms with E-state index in [4.69, 9.17) is 62.6 Å². The lowest BCUT2D eigenvalue weighted by molar-refractivity contribution is -0.0557. The van der Waals surface area contributed by atoms with Crippen LogP contribution in [0, 0.1) is 0 Å². The van der Waals surface area contributed by atoms with Crippen LogP contribution in [0.15, 0.2) is 18.9 Å². The number of anilines is 2. The van der Waals surface area contributed by atoms with Gasteiger partial charge in [-0.25, -0.2) is 19.5 Å². The van der Waals surface area contributed by atoms with E-state index in [1.165, 1.54) is 21.7 Å². The first-order chi connectivity index (χ1) is 20.5. The van der Waals surface area contributed by atoms with Crippen molar-refractivity contribution in [1.29, 1.82) is 0 Å². The molecule has 0 spiro atoms. The number of carbonyl (C=O) groups excluding carboxylic acids is 1. The molecule has 0 radical (unpaired) electrons. The van der Waals surface area contributed by atoms with Crippen molar-refractivity contribution in [2.75, 3.05) is 24.3 Å². The van der Waals surface area contributed by atoms with Crippen molar-refractivity contribution in [3.05, 3.63) is 30.2 Å². The first-order valence-corrected chi connectivity index (χ1v) is 18.1. The monoisotopic (exact) mass is 676 g/mol. The number of rotatable bonds is 2. The van der Waals surface area contributed by atoms with Gasteiger partial charge in [0.05, 0.1) is 43.6 Å². The lowest BCUT2D eigenvalue weighted by atomic mass is 10.1. The zero-order valence-electron chi connectivity index (χ0n) is 21.9. The molecular weight excluding hydrogens is 650 g/mol. The van der Waals surface area contributed by atoms with Crippen molar-refractivity contribution >= 4 is 60.2 Å². The van der Waals surface area contributed by atoms with Gasteiger partial charge in [-0.1, -0.05) is 0 Å². The van der Waals surface area contributed by atoms with Gasteiger partial charge in [0, 0.05) is 12.8 Å². The number of fused-ring (bicyclic) bond motifs is 5. The summed E-state index contributed by atoms with van der Waals surface area (Å²) in [5.41, 5.74) is 12.8. The number of amides is 1. The predicted octanol–water partition coefficient (Wildman–Crippen LogP) is -0.631. The Balaban J connectivity index is 1.15. The number of aromatic nitrogens is 6. The van der Waals surface area contributed by atoms with Crippen LogP contribution < -0.4 is 22.1 Å². The summed E-state index contributed by atoms with van der Waals surface area (Å²) < 4.78 is 38.6. The Morgan fingerprint density at radius 1 is 1.00 bits per heavy atom. The van der Waals surface area contributed by atoms with Crippen LogP contribution in [0.25, 0.3) is 5.65 Å². The molecule has 4 aliphatic rings. The van der Waals surface area contributed by atoms with Crippen molar-refractivity contribution in [1.82, 2.24) is 34.4 Å². The molecular formula is C20H26N10O9P2S2. The van der Waals surface area contributed by atoms with E-state index in [2.05, 4.69) is 30.7 Å². The molecule has 3 fully saturated rings. The second-order valence-electron chi connectivity index (χ2n) is 10.1. The summed E-state index contributed by atoms with van der Waals surface area (Å²) in [7, 11) is 0. The molecule has 0 aliphatic carbocycles. The molecule has 0 aromatic carbocycles. The number of carbonyl (C=O) groups is 1. The molecule has 23 heteroatoms. The van der Waals surface area contributed by atoms with Crippen LogP contribution >= 0.6 is 13.4 Å². The van der Waals surface area contributed by atoms with E-state index in [0.717, 1.165) is 0 Å². The molecule has 1 amide bonds. The molecule has 232 valence electrons. The van der Waals surface area contributed by atoms with Crippen LogP contribution in [0.1, 0.15) is 41.4 Å². The van der Waals surface area contributed by atoms with Crippen molar-refractivity contribution in [3.63, 3.8) is 0 Å². The van der Waals surface area contributed by atoms with Gasteiger partial charge < -0.3 is 53.7 Å². The van der Waals surface area contributed by atoms with Crippen molar-refractivity contribution < 1.29 is 42.2 Å². The van der Waals surface area contributed by atoms with E-state index < -0.39 is 62.4 Å². The maximum absolute atomic E-state index is 12.4. The highest BCUT2D eigenvalue weighted by Gasteiger charge is 2.46. The number of imidazole rings is 2. The first kappa shape index (κ1) is 29.5. The molecule has 3 aromatic heterocycles. The molecule has 9 atom stereocenters. The largest absolute Gasteiger partial charge is 0.381 e. The van der Waals surface area contributed by atoms with E-state index in [9.17, 15) is 14.6 Å². The first-order valence-electron chi connectivity index (χ1n) is 12.9. The number of hydrogen-bond donors (Lipinski definition) is 6. The van der Waals surface area contributed by atoms with Crippen LogP contribution in [-0.2, 0) is 51.2 Å². The second-order valence-corrected chi connectivity index (χ2v) is 15.7. The second kappa shape index (κ2) is 11.0. The molecule has 8 N–H and O–H groups in total. The van der Waals surface area contributed by atoms with E-state index in [1.54, 1.807) is 6.20 Å². The van der Waals surface area contributed by atoms with Gasteiger partial charge in [-0.15, -0.1) is 0 Å². The number of nitrogen functional groups attached to an aromatic ring is 1. The lowest BCUT2D eigenvalue weighted by Crippen LogP contribution is -2.51.